The van der Waals surface area contributed by atoms with Crippen LogP contribution in [0, 0.1) is 6.92 Å². The predicted octanol–water partition coefficient (Wildman–Crippen LogP) is 1.56. The molecule has 1 fully saturated rings. The van der Waals surface area contributed by atoms with Crippen molar-refractivity contribution in [2.75, 3.05) is 31.1 Å². The summed E-state index contributed by atoms with van der Waals surface area (Å²) in [5.41, 5.74) is 1.94. The van der Waals surface area contributed by atoms with E-state index in [1.165, 1.54) is 4.57 Å². The molecule has 0 spiro atoms. The molecule has 0 radical (unpaired) electrons. The van der Waals surface area contributed by atoms with Gasteiger partial charge in [0.15, 0.2) is 5.76 Å². The Morgan fingerprint density at radius 1 is 1.07 bits per heavy atom. The number of rotatable bonds is 4. The number of nitrogens with zero attached hydrogens (tertiary/aromatic N) is 5. The van der Waals surface area contributed by atoms with Gasteiger partial charge in [-0.25, -0.2) is 14.8 Å². The number of aryl methyl sites for hydroxylation is 1. The molecule has 1 amide bonds. The molecule has 3 heterocycles. The molecule has 0 N–H and O–H groups in total. The van der Waals surface area contributed by atoms with Crippen molar-refractivity contribution in [2.24, 2.45) is 0 Å². The van der Waals surface area contributed by atoms with Crippen LogP contribution in [0.15, 0.2) is 58.1 Å². The average molecular weight is 379 g/mol. The summed E-state index contributed by atoms with van der Waals surface area (Å²) in [7, 11) is 0. The van der Waals surface area contributed by atoms with E-state index in [-0.39, 0.29) is 12.5 Å². The first-order chi connectivity index (χ1) is 13.6. The van der Waals surface area contributed by atoms with Crippen molar-refractivity contribution in [3.8, 4) is 11.3 Å². The van der Waals surface area contributed by atoms with Crippen LogP contribution in [0.4, 0.5) is 5.95 Å². The second-order valence-corrected chi connectivity index (χ2v) is 6.77. The number of carbonyl (C=O) groups excluding carboxylic acids is 1. The third-order valence-corrected chi connectivity index (χ3v) is 4.81. The molecular weight excluding hydrogens is 358 g/mol. The summed E-state index contributed by atoms with van der Waals surface area (Å²) in [6.45, 7) is 4.40. The molecule has 144 valence electrons. The molecule has 1 aromatic carbocycles. The Kier molecular flexibility index (Phi) is 4.92. The first kappa shape index (κ1) is 18.0. The number of carbonyl (C=O) groups is 1. The van der Waals surface area contributed by atoms with Gasteiger partial charge in [0, 0.05) is 44.1 Å². The Hall–Kier alpha value is -3.42. The van der Waals surface area contributed by atoms with Crippen molar-refractivity contribution >= 4 is 11.9 Å². The molecule has 1 saturated heterocycles. The maximum absolute atomic E-state index is 12.6. The van der Waals surface area contributed by atoms with E-state index in [1.807, 2.05) is 36.1 Å². The van der Waals surface area contributed by atoms with Gasteiger partial charge in [-0.05, 0) is 13.0 Å². The van der Waals surface area contributed by atoms with Gasteiger partial charge >= 0.3 is 5.76 Å². The van der Waals surface area contributed by atoms with E-state index in [0.717, 1.165) is 11.1 Å². The van der Waals surface area contributed by atoms with Crippen molar-refractivity contribution in [2.45, 2.75) is 13.5 Å². The zero-order chi connectivity index (χ0) is 19.5. The molecule has 28 heavy (non-hydrogen) atoms. The quantitative estimate of drug-likeness (QED) is 0.684. The molecule has 1 aliphatic rings. The second kappa shape index (κ2) is 7.67. The standard InChI is InChI=1S/C20H21N5O3/c1-15-3-5-16(6-4-15)17-13-25(20(27)28-17)14-18(26)23-9-11-24(12-10-23)19-21-7-2-8-22-19/h2-8,13H,9-12,14H2,1H3. The molecule has 1 aliphatic heterocycles. The van der Waals surface area contributed by atoms with Crippen LogP contribution in [0.3, 0.4) is 0 Å². The number of hydrogen-bond acceptors (Lipinski definition) is 6. The van der Waals surface area contributed by atoms with E-state index >= 15 is 0 Å². The summed E-state index contributed by atoms with van der Waals surface area (Å²) in [6, 6.07) is 9.47. The average Bonchev–Trinajstić information content (AvgIpc) is 3.09. The Morgan fingerprint density at radius 2 is 1.75 bits per heavy atom. The topological polar surface area (TPSA) is 84.5 Å². The van der Waals surface area contributed by atoms with E-state index < -0.39 is 5.76 Å². The maximum atomic E-state index is 12.6. The number of anilines is 1. The SMILES string of the molecule is Cc1ccc(-c2cn(CC(=O)N3CCN(c4ncccn4)CC3)c(=O)o2)cc1. The van der Waals surface area contributed by atoms with Crippen LogP contribution >= 0.6 is 0 Å². The van der Waals surface area contributed by atoms with Crippen molar-refractivity contribution < 1.29 is 9.21 Å². The van der Waals surface area contributed by atoms with Gasteiger partial charge in [0.2, 0.25) is 11.9 Å². The minimum Gasteiger partial charge on any atom is -0.408 e. The molecular formula is C20H21N5O3. The van der Waals surface area contributed by atoms with Gasteiger partial charge in [-0.15, -0.1) is 0 Å². The van der Waals surface area contributed by atoms with Gasteiger partial charge in [-0.1, -0.05) is 29.8 Å². The highest BCUT2D eigenvalue weighted by Gasteiger charge is 2.23. The van der Waals surface area contributed by atoms with Crippen LogP contribution in [-0.4, -0.2) is 51.5 Å². The van der Waals surface area contributed by atoms with E-state index in [0.29, 0.717) is 37.9 Å². The fourth-order valence-electron chi connectivity index (χ4n) is 3.19. The summed E-state index contributed by atoms with van der Waals surface area (Å²) in [5, 5.41) is 0. The lowest BCUT2D eigenvalue weighted by molar-refractivity contribution is -0.132. The van der Waals surface area contributed by atoms with Crippen molar-refractivity contribution in [3.63, 3.8) is 0 Å². The Balaban J connectivity index is 1.39. The molecule has 0 bridgehead atoms. The number of piperazine rings is 1. The number of amides is 1. The highest BCUT2D eigenvalue weighted by Crippen LogP contribution is 2.18. The molecule has 0 saturated carbocycles. The van der Waals surface area contributed by atoms with E-state index in [2.05, 4.69) is 9.97 Å². The highest BCUT2D eigenvalue weighted by molar-refractivity contribution is 5.76. The van der Waals surface area contributed by atoms with Crippen LogP contribution in [-0.2, 0) is 11.3 Å². The van der Waals surface area contributed by atoms with Gasteiger partial charge in [0.05, 0.1) is 6.20 Å². The fourth-order valence-corrected chi connectivity index (χ4v) is 3.19. The molecule has 3 aromatic rings. The lowest BCUT2D eigenvalue weighted by Gasteiger charge is -2.34. The minimum atomic E-state index is -0.528. The van der Waals surface area contributed by atoms with Gasteiger partial charge in [0.25, 0.3) is 0 Å². The van der Waals surface area contributed by atoms with Crippen molar-refractivity contribution in [1.82, 2.24) is 19.4 Å². The molecule has 0 aliphatic carbocycles. The predicted molar refractivity (Wildman–Crippen MR) is 104 cm³/mol. The zero-order valence-corrected chi connectivity index (χ0v) is 15.6. The molecule has 0 atom stereocenters. The Bertz CT molecular complexity index is 1000. The molecule has 8 nitrogen and oxygen atoms in total. The largest absolute Gasteiger partial charge is 0.419 e. The number of benzene rings is 1. The van der Waals surface area contributed by atoms with Crippen LogP contribution in [0.1, 0.15) is 5.56 Å². The Labute approximate surface area is 162 Å². The van der Waals surface area contributed by atoms with E-state index in [9.17, 15) is 9.59 Å². The number of oxazole rings is 1. The lowest BCUT2D eigenvalue weighted by atomic mass is 10.1. The number of aromatic nitrogens is 3. The molecule has 0 unspecified atom stereocenters. The third-order valence-electron chi connectivity index (χ3n) is 4.81. The number of hydrogen-bond donors (Lipinski definition) is 0. The molecule has 2 aromatic heterocycles. The lowest BCUT2D eigenvalue weighted by Crippen LogP contribution is -2.50. The minimum absolute atomic E-state index is 0.0317. The van der Waals surface area contributed by atoms with Crippen LogP contribution in [0.5, 0.6) is 0 Å². The monoisotopic (exact) mass is 379 g/mol. The third kappa shape index (κ3) is 3.80. The summed E-state index contributed by atoms with van der Waals surface area (Å²) < 4.78 is 6.64. The van der Waals surface area contributed by atoms with Crippen LogP contribution < -0.4 is 10.7 Å². The first-order valence-corrected chi connectivity index (χ1v) is 9.17. The summed E-state index contributed by atoms with van der Waals surface area (Å²) in [5.74, 6) is 0.500. The second-order valence-electron chi connectivity index (χ2n) is 6.77. The summed E-state index contributed by atoms with van der Waals surface area (Å²) >= 11 is 0. The van der Waals surface area contributed by atoms with Crippen LogP contribution in [0.2, 0.25) is 0 Å². The van der Waals surface area contributed by atoms with Gasteiger partial charge in [-0.3, -0.25) is 9.36 Å². The Morgan fingerprint density at radius 3 is 2.43 bits per heavy atom. The van der Waals surface area contributed by atoms with Gasteiger partial charge in [0.1, 0.15) is 6.54 Å². The van der Waals surface area contributed by atoms with Crippen molar-refractivity contribution in [1.29, 1.82) is 0 Å². The molecule has 8 heteroatoms. The first-order valence-electron chi connectivity index (χ1n) is 9.17. The van der Waals surface area contributed by atoms with E-state index in [1.54, 1.807) is 29.6 Å². The fraction of sp³-hybridized carbons (Fsp3) is 0.300. The van der Waals surface area contributed by atoms with Crippen LogP contribution in [0.25, 0.3) is 11.3 Å². The smallest absolute Gasteiger partial charge is 0.408 e. The van der Waals surface area contributed by atoms with Crippen molar-refractivity contribution in [3.05, 3.63) is 65.0 Å². The maximum Gasteiger partial charge on any atom is 0.419 e. The highest BCUT2D eigenvalue weighted by atomic mass is 16.4. The molecule has 4 rings (SSSR count). The normalized spacial score (nSPS) is 14.3. The summed E-state index contributed by atoms with van der Waals surface area (Å²) in [6.07, 6.45) is 5.01. The van der Waals surface area contributed by atoms with Gasteiger partial charge in [-0.2, -0.15) is 0 Å². The zero-order valence-electron chi connectivity index (χ0n) is 15.6. The van der Waals surface area contributed by atoms with Gasteiger partial charge < -0.3 is 14.2 Å². The summed E-state index contributed by atoms with van der Waals surface area (Å²) in [4.78, 5) is 37.0. The van der Waals surface area contributed by atoms with E-state index in [4.69, 9.17) is 4.42 Å².